The Bertz CT molecular complexity index is 1000. The summed E-state index contributed by atoms with van der Waals surface area (Å²) in [6, 6.07) is 3.47. The van der Waals surface area contributed by atoms with Crippen molar-refractivity contribution in [3.05, 3.63) is 76.4 Å². The first-order chi connectivity index (χ1) is 14.1. The molecule has 1 N–H and O–H groups in total. The van der Waals surface area contributed by atoms with Gasteiger partial charge in [0.1, 0.15) is 6.17 Å². The monoisotopic (exact) mass is 392 g/mol. The van der Waals surface area contributed by atoms with Crippen LogP contribution in [0.25, 0.3) is 6.08 Å². The van der Waals surface area contributed by atoms with E-state index in [1.54, 1.807) is 18.3 Å². The van der Waals surface area contributed by atoms with Crippen LogP contribution in [0.4, 0.5) is 4.39 Å². The van der Waals surface area contributed by atoms with E-state index < -0.39 is 6.17 Å². The molecule has 2 aliphatic rings. The summed E-state index contributed by atoms with van der Waals surface area (Å²) in [4.78, 5) is 15.3. The zero-order valence-corrected chi connectivity index (χ0v) is 16.7. The summed E-state index contributed by atoms with van der Waals surface area (Å²) in [6.07, 6.45) is 12.5. The third-order valence-electron chi connectivity index (χ3n) is 5.77. The van der Waals surface area contributed by atoms with Gasteiger partial charge in [-0.15, -0.1) is 0 Å². The lowest BCUT2D eigenvalue weighted by molar-refractivity contribution is 0.112. The fourth-order valence-electron chi connectivity index (χ4n) is 4.18. The van der Waals surface area contributed by atoms with E-state index in [1.807, 2.05) is 37.0 Å². The molecule has 2 aromatic rings. The van der Waals surface area contributed by atoms with Gasteiger partial charge in [0.25, 0.3) is 0 Å². The number of alkyl halides is 1. The summed E-state index contributed by atoms with van der Waals surface area (Å²) in [7, 11) is 1.92. The predicted octanol–water partition coefficient (Wildman–Crippen LogP) is 3.44. The molecule has 3 atom stereocenters. The summed E-state index contributed by atoms with van der Waals surface area (Å²) in [5.41, 5.74) is 5.31. The molecule has 3 unspecified atom stereocenters. The average Bonchev–Trinajstić information content (AvgIpc) is 3.10. The van der Waals surface area contributed by atoms with Gasteiger partial charge in [-0.25, -0.2) is 4.39 Å². The van der Waals surface area contributed by atoms with E-state index in [2.05, 4.69) is 27.6 Å². The van der Waals surface area contributed by atoms with Crippen LogP contribution in [0.1, 0.15) is 34.2 Å². The number of pyridine rings is 1. The van der Waals surface area contributed by atoms with Crippen molar-refractivity contribution in [2.45, 2.75) is 26.1 Å². The Labute approximate surface area is 170 Å². The highest BCUT2D eigenvalue weighted by Gasteiger charge is 2.31. The molecule has 0 saturated carbocycles. The first-order valence-corrected chi connectivity index (χ1v) is 9.92. The minimum atomic E-state index is -1.03. The van der Waals surface area contributed by atoms with Gasteiger partial charge < -0.3 is 5.32 Å². The Morgan fingerprint density at radius 1 is 1.34 bits per heavy atom. The Morgan fingerprint density at radius 2 is 2.21 bits per heavy atom. The molecule has 0 fully saturated rings. The van der Waals surface area contributed by atoms with Gasteiger partial charge in [0.2, 0.25) is 0 Å². The quantitative estimate of drug-likeness (QED) is 0.765. The van der Waals surface area contributed by atoms with E-state index in [-0.39, 0.29) is 11.8 Å². The first-order valence-electron chi connectivity index (χ1n) is 9.92. The number of carbonyl (C=O) groups is 1. The van der Waals surface area contributed by atoms with Crippen LogP contribution in [0.5, 0.6) is 0 Å². The maximum atomic E-state index is 15.2. The molecular formula is C23H25FN4O. The third kappa shape index (κ3) is 3.98. The van der Waals surface area contributed by atoms with Crippen LogP contribution in [0, 0.1) is 11.8 Å². The highest BCUT2D eigenvalue weighted by molar-refractivity contribution is 5.76. The zero-order chi connectivity index (χ0) is 20.4. The van der Waals surface area contributed by atoms with Gasteiger partial charge in [0.15, 0.2) is 6.29 Å². The van der Waals surface area contributed by atoms with E-state index in [4.69, 9.17) is 0 Å². The van der Waals surface area contributed by atoms with E-state index in [9.17, 15) is 4.79 Å². The number of hydrogen-bond donors (Lipinski definition) is 1. The van der Waals surface area contributed by atoms with Crippen LogP contribution in [-0.4, -0.2) is 33.8 Å². The summed E-state index contributed by atoms with van der Waals surface area (Å²) in [5, 5.41) is 7.66. The van der Waals surface area contributed by atoms with Crippen molar-refractivity contribution in [2.75, 3.05) is 6.54 Å². The summed E-state index contributed by atoms with van der Waals surface area (Å²) in [6.45, 7) is 2.82. The fraction of sp³-hybridized carbons (Fsp3) is 0.348. The highest BCUT2D eigenvalue weighted by Crippen LogP contribution is 2.36. The SMILES string of the molecule is CC1C(C2C=Cc3nn(C)cc3C2)=CC=C(CNCc2ncccc2C=O)C1F. The van der Waals surface area contributed by atoms with Gasteiger partial charge >= 0.3 is 0 Å². The molecule has 2 aromatic heterocycles. The number of allylic oxidation sites excluding steroid dienone is 4. The van der Waals surface area contributed by atoms with Gasteiger partial charge in [-0.2, -0.15) is 5.10 Å². The third-order valence-corrected chi connectivity index (χ3v) is 5.77. The molecule has 2 heterocycles. The van der Waals surface area contributed by atoms with E-state index in [0.717, 1.165) is 29.5 Å². The molecule has 5 nitrogen and oxygen atoms in total. The number of aldehydes is 1. The van der Waals surface area contributed by atoms with Crippen molar-refractivity contribution < 1.29 is 9.18 Å². The largest absolute Gasteiger partial charge is 0.307 e. The molecule has 0 amide bonds. The number of rotatable bonds is 6. The van der Waals surface area contributed by atoms with Crippen molar-refractivity contribution >= 4 is 12.4 Å². The predicted molar refractivity (Wildman–Crippen MR) is 111 cm³/mol. The second kappa shape index (κ2) is 8.25. The number of fused-ring (bicyclic) bond motifs is 1. The second-order valence-electron chi connectivity index (χ2n) is 7.74. The Balaban J connectivity index is 1.43. The number of hydrogen-bond acceptors (Lipinski definition) is 4. The molecule has 150 valence electrons. The molecule has 0 aliphatic heterocycles. The maximum Gasteiger partial charge on any atom is 0.151 e. The summed E-state index contributed by atoms with van der Waals surface area (Å²) < 4.78 is 17.0. The second-order valence-corrected chi connectivity index (χ2v) is 7.74. The molecule has 0 radical (unpaired) electrons. The molecule has 4 rings (SSSR count). The van der Waals surface area contributed by atoms with Crippen LogP contribution in [0.15, 0.2) is 53.9 Å². The van der Waals surface area contributed by atoms with E-state index in [1.165, 1.54) is 5.56 Å². The molecule has 0 aromatic carbocycles. The summed E-state index contributed by atoms with van der Waals surface area (Å²) >= 11 is 0. The topological polar surface area (TPSA) is 59.8 Å². The minimum absolute atomic E-state index is 0.176. The Kier molecular flexibility index (Phi) is 5.53. The normalized spacial score (nSPS) is 23.3. The van der Waals surface area contributed by atoms with Crippen LogP contribution in [0.3, 0.4) is 0 Å². The number of nitrogens with zero attached hydrogens (tertiary/aromatic N) is 3. The first kappa shape index (κ1) is 19.5. The lowest BCUT2D eigenvalue weighted by Gasteiger charge is -2.31. The van der Waals surface area contributed by atoms with Gasteiger partial charge in [-0.05, 0) is 35.8 Å². The number of nitrogens with one attached hydrogen (secondary N) is 1. The number of aromatic nitrogens is 3. The number of carbonyl (C=O) groups excluding carboxylic acids is 1. The van der Waals surface area contributed by atoms with Crippen LogP contribution < -0.4 is 5.32 Å². The van der Waals surface area contributed by atoms with Gasteiger partial charge in [0, 0.05) is 49.9 Å². The Morgan fingerprint density at radius 3 is 3.03 bits per heavy atom. The maximum absolute atomic E-state index is 15.2. The zero-order valence-electron chi connectivity index (χ0n) is 16.7. The lowest BCUT2D eigenvalue weighted by atomic mass is 9.76. The fourth-order valence-corrected chi connectivity index (χ4v) is 4.18. The van der Waals surface area contributed by atoms with Crippen molar-refractivity contribution in [1.82, 2.24) is 20.1 Å². The van der Waals surface area contributed by atoms with Gasteiger partial charge in [-0.1, -0.05) is 30.7 Å². The van der Waals surface area contributed by atoms with Crippen LogP contribution in [0.2, 0.25) is 0 Å². The average molecular weight is 392 g/mol. The molecule has 6 heteroatoms. The van der Waals surface area contributed by atoms with Crippen molar-refractivity contribution in [2.24, 2.45) is 18.9 Å². The Hall–Kier alpha value is -2.86. The van der Waals surface area contributed by atoms with Crippen molar-refractivity contribution in [3.8, 4) is 0 Å². The smallest absolute Gasteiger partial charge is 0.151 e. The number of aryl methyl sites for hydroxylation is 1. The van der Waals surface area contributed by atoms with E-state index in [0.29, 0.717) is 24.3 Å². The van der Waals surface area contributed by atoms with E-state index >= 15 is 4.39 Å². The molecule has 0 bridgehead atoms. The van der Waals surface area contributed by atoms with Gasteiger partial charge in [-0.3, -0.25) is 14.5 Å². The molecule has 2 aliphatic carbocycles. The number of halogens is 1. The minimum Gasteiger partial charge on any atom is -0.307 e. The molecule has 0 spiro atoms. The summed E-state index contributed by atoms with van der Waals surface area (Å²) in [5.74, 6) is 0.0273. The standard InChI is InChI=1S/C23H25FN4O/c1-15-20(16-6-8-21-19(10-16)13-28(2)27-21)7-5-17(23(15)24)11-25-12-22-18(14-29)4-3-9-26-22/h3-9,13-16,23,25H,10-12H2,1-2H3. The van der Waals surface area contributed by atoms with Gasteiger partial charge in [0.05, 0.1) is 11.4 Å². The van der Waals surface area contributed by atoms with Crippen LogP contribution >= 0.6 is 0 Å². The lowest BCUT2D eigenvalue weighted by Crippen LogP contribution is -2.30. The van der Waals surface area contributed by atoms with Crippen molar-refractivity contribution in [3.63, 3.8) is 0 Å². The van der Waals surface area contributed by atoms with Crippen LogP contribution in [-0.2, 0) is 20.0 Å². The molecular weight excluding hydrogens is 367 g/mol. The molecule has 29 heavy (non-hydrogen) atoms. The van der Waals surface area contributed by atoms with Crippen molar-refractivity contribution in [1.29, 1.82) is 0 Å². The molecule has 0 saturated heterocycles. The highest BCUT2D eigenvalue weighted by atomic mass is 19.1.